The first-order valence-electron chi connectivity index (χ1n) is 4.26. The van der Waals surface area contributed by atoms with Crippen LogP contribution in [-0.2, 0) is 9.59 Å². The van der Waals surface area contributed by atoms with Crippen molar-refractivity contribution < 1.29 is 30.0 Å². The Bertz CT molecular complexity index is 247. The van der Waals surface area contributed by atoms with Crippen LogP contribution in [0.15, 0.2) is 0 Å². The van der Waals surface area contributed by atoms with Crippen molar-refractivity contribution in [1.82, 2.24) is 0 Å². The fourth-order valence-electron chi connectivity index (χ4n) is 1.74. The van der Waals surface area contributed by atoms with Gasteiger partial charge in [0, 0.05) is 0 Å². The van der Waals surface area contributed by atoms with Crippen LogP contribution >= 0.6 is 0 Å². The Hall–Kier alpha value is -1.14. The summed E-state index contributed by atoms with van der Waals surface area (Å²) >= 11 is 0. The van der Waals surface area contributed by atoms with Crippen LogP contribution in [0.25, 0.3) is 0 Å². The first-order chi connectivity index (χ1) is 6.34. The van der Waals surface area contributed by atoms with Gasteiger partial charge in [-0.3, -0.25) is 0 Å². The van der Waals surface area contributed by atoms with Crippen LogP contribution < -0.4 is 0 Å². The van der Waals surface area contributed by atoms with Gasteiger partial charge >= 0.3 is 11.9 Å². The van der Waals surface area contributed by atoms with Gasteiger partial charge in [-0.25, -0.2) is 9.59 Å². The van der Waals surface area contributed by atoms with Gasteiger partial charge in [-0.05, 0) is 25.7 Å². The normalized spacial score (nSPS) is 37.9. The monoisotopic (exact) mass is 204 g/mol. The molecule has 80 valence electrons. The standard InChI is InChI=1S/C8H12O6/c9-5(10)7(13)3-1-2-4-8(7,14)6(11)12/h13-14H,1-4H2,(H,9,10)(H,11,12)/t7-,8+. The maximum Gasteiger partial charge on any atom is 0.339 e. The predicted molar refractivity (Wildman–Crippen MR) is 43.6 cm³/mol. The zero-order chi connectivity index (χ0) is 11.0. The summed E-state index contributed by atoms with van der Waals surface area (Å²) in [6.45, 7) is 0. The van der Waals surface area contributed by atoms with E-state index in [0.717, 1.165) is 0 Å². The lowest BCUT2D eigenvalue weighted by molar-refractivity contribution is -0.215. The number of hydrogen-bond donors (Lipinski definition) is 4. The number of aliphatic hydroxyl groups is 2. The molecule has 0 aliphatic heterocycles. The average Bonchev–Trinajstić information content (AvgIpc) is 2.09. The molecule has 14 heavy (non-hydrogen) atoms. The largest absolute Gasteiger partial charge is 0.479 e. The lowest BCUT2D eigenvalue weighted by Crippen LogP contribution is -2.65. The number of carboxylic acid groups (broad SMARTS) is 2. The molecule has 0 bridgehead atoms. The molecule has 0 radical (unpaired) electrons. The third-order valence-corrected chi connectivity index (χ3v) is 2.72. The van der Waals surface area contributed by atoms with Crippen LogP contribution in [0.5, 0.6) is 0 Å². The molecular weight excluding hydrogens is 192 g/mol. The van der Waals surface area contributed by atoms with Gasteiger partial charge in [-0.1, -0.05) is 0 Å². The van der Waals surface area contributed by atoms with Gasteiger partial charge in [-0.2, -0.15) is 0 Å². The molecule has 1 saturated carbocycles. The number of aliphatic carboxylic acids is 2. The van der Waals surface area contributed by atoms with Gasteiger partial charge in [0.1, 0.15) is 0 Å². The zero-order valence-corrected chi connectivity index (χ0v) is 7.43. The molecule has 0 aromatic rings. The van der Waals surface area contributed by atoms with E-state index in [9.17, 15) is 19.8 Å². The van der Waals surface area contributed by atoms with Crippen molar-refractivity contribution in [3.8, 4) is 0 Å². The average molecular weight is 204 g/mol. The summed E-state index contributed by atoms with van der Waals surface area (Å²) in [5.41, 5.74) is -5.14. The Morgan fingerprint density at radius 3 is 1.36 bits per heavy atom. The Morgan fingerprint density at radius 1 is 0.857 bits per heavy atom. The van der Waals surface area contributed by atoms with E-state index in [0.29, 0.717) is 12.8 Å². The molecule has 0 amide bonds. The third-order valence-electron chi connectivity index (χ3n) is 2.72. The zero-order valence-electron chi connectivity index (χ0n) is 7.43. The molecule has 6 nitrogen and oxygen atoms in total. The molecular formula is C8H12O6. The van der Waals surface area contributed by atoms with Crippen molar-refractivity contribution in [2.45, 2.75) is 36.9 Å². The van der Waals surface area contributed by atoms with E-state index < -0.39 is 23.1 Å². The molecule has 4 N–H and O–H groups in total. The molecule has 1 rings (SSSR count). The summed E-state index contributed by atoms with van der Waals surface area (Å²) in [6.07, 6.45) is 0.285. The Balaban J connectivity index is 3.12. The van der Waals surface area contributed by atoms with Crippen LogP contribution in [-0.4, -0.2) is 43.6 Å². The smallest absolute Gasteiger partial charge is 0.339 e. The lowest BCUT2D eigenvalue weighted by Gasteiger charge is -2.40. The molecule has 1 aliphatic rings. The van der Waals surface area contributed by atoms with Crippen molar-refractivity contribution in [3.05, 3.63) is 0 Å². The fraction of sp³-hybridized carbons (Fsp3) is 0.750. The summed E-state index contributed by atoms with van der Waals surface area (Å²) < 4.78 is 0. The SMILES string of the molecule is O=C(O)[C@]1(O)CCCC[C@]1(O)C(=O)O. The number of rotatable bonds is 2. The molecule has 0 aromatic carbocycles. The Labute approximate surface area is 79.8 Å². The van der Waals surface area contributed by atoms with Crippen LogP contribution in [0.4, 0.5) is 0 Å². The molecule has 2 atom stereocenters. The predicted octanol–water partition coefficient (Wildman–Crippen LogP) is -0.808. The van der Waals surface area contributed by atoms with Crippen molar-refractivity contribution in [3.63, 3.8) is 0 Å². The lowest BCUT2D eigenvalue weighted by atomic mass is 9.71. The second-order valence-corrected chi connectivity index (χ2v) is 3.54. The highest BCUT2D eigenvalue weighted by molar-refractivity contribution is 5.90. The minimum absolute atomic E-state index is 0.245. The highest BCUT2D eigenvalue weighted by atomic mass is 16.5. The van der Waals surface area contributed by atoms with Crippen LogP contribution in [0, 0.1) is 0 Å². The van der Waals surface area contributed by atoms with Crippen LogP contribution in [0.3, 0.4) is 0 Å². The number of hydrogen-bond acceptors (Lipinski definition) is 4. The van der Waals surface area contributed by atoms with Crippen molar-refractivity contribution in [2.75, 3.05) is 0 Å². The van der Waals surface area contributed by atoms with E-state index in [-0.39, 0.29) is 12.8 Å². The van der Waals surface area contributed by atoms with Crippen molar-refractivity contribution in [1.29, 1.82) is 0 Å². The third kappa shape index (κ3) is 1.27. The minimum atomic E-state index is -2.57. The molecule has 0 saturated heterocycles. The van der Waals surface area contributed by atoms with Gasteiger partial charge in [0.25, 0.3) is 0 Å². The van der Waals surface area contributed by atoms with Crippen LogP contribution in [0.1, 0.15) is 25.7 Å². The van der Waals surface area contributed by atoms with Crippen LogP contribution in [0.2, 0.25) is 0 Å². The fourth-order valence-corrected chi connectivity index (χ4v) is 1.74. The Kier molecular flexibility index (Phi) is 2.51. The topological polar surface area (TPSA) is 115 Å². The molecule has 6 heteroatoms. The highest BCUT2D eigenvalue weighted by Gasteiger charge is 2.61. The molecule has 0 aromatic heterocycles. The molecule has 1 fully saturated rings. The van der Waals surface area contributed by atoms with E-state index in [2.05, 4.69) is 0 Å². The molecule has 1 aliphatic carbocycles. The first kappa shape index (κ1) is 10.9. The first-order valence-corrected chi connectivity index (χ1v) is 4.26. The van der Waals surface area contributed by atoms with Gasteiger partial charge in [0.05, 0.1) is 0 Å². The number of carbonyl (C=O) groups is 2. The highest BCUT2D eigenvalue weighted by Crippen LogP contribution is 2.37. The van der Waals surface area contributed by atoms with Gasteiger partial charge < -0.3 is 20.4 Å². The quantitative estimate of drug-likeness (QED) is 0.467. The van der Waals surface area contributed by atoms with Gasteiger partial charge in [-0.15, -0.1) is 0 Å². The second kappa shape index (κ2) is 3.21. The minimum Gasteiger partial charge on any atom is -0.479 e. The van der Waals surface area contributed by atoms with Gasteiger partial charge in [0.15, 0.2) is 0 Å². The van der Waals surface area contributed by atoms with E-state index in [1.807, 2.05) is 0 Å². The summed E-state index contributed by atoms with van der Waals surface area (Å²) in [4.78, 5) is 21.4. The van der Waals surface area contributed by atoms with Gasteiger partial charge in [0.2, 0.25) is 11.2 Å². The summed E-state index contributed by atoms with van der Waals surface area (Å²) in [5.74, 6) is -3.38. The van der Waals surface area contributed by atoms with E-state index in [1.54, 1.807) is 0 Å². The molecule has 0 heterocycles. The molecule has 0 unspecified atom stereocenters. The van der Waals surface area contributed by atoms with Crippen molar-refractivity contribution >= 4 is 11.9 Å². The molecule has 0 spiro atoms. The maximum atomic E-state index is 10.7. The van der Waals surface area contributed by atoms with E-state index in [1.165, 1.54) is 0 Å². The maximum absolute atomic E-state index is 10.7. The van der Waals surface area contributed by atoms with E-state index in [4.69, 9.17) is 10.2 Å². The second-order valence-electron chi connectivity index (χ2n) is 3.54. The summed E-state index contributed by atoms with van der Waals surface area (Å²) in [6, 6.07) is 0. The number of carboxylic acids is 2. The Morgan fingerprint density at radius 2 is 1.14 bits per heavy atom. The van der Waals surface area contributed by atoms with Crippen molar-refractivity contribution in [2.24, 2.45) is 0 Å². The summed E-state index contributed by atoms with van der Waals surface area (Å²) in [7, 11) is 0. The summed E-state index contributed by atoms with van der Waals surface area (Å²) in [5, 5.41) is 36.6. The van der Waals surface area contributed by atoms with E-state index >= 15 is 0 Å².